The fraction of sp³-hybridized carbons (Fsp3) is 0.619. The van der Waals surface area contributed by atoms with Crippen molar-refractivity contribution in [2.75, 3.05) is 45.9 Å². The Morgan fingerprint density at radius 1 is 1.07 bits per heavy atom. The zero-order valence-corrected chi connectivity index (χ0v) is 17.5. The summed E-state index contributed by atoms with van der Waals surface area (Å²) in [4.78, 5) is 29.1. The van der Waals surface area contributed by atoms with Gasteiger partial charge in [-0.1, -0.05) is 12.1 Å². The third-order valence-corrected chi connectivity index (χ3v) is 5.56. The molecule has 0 saturated carbocycles. The van der Waals surface area contributed by atoms with Gasteiger partial charge in [-0.25, -0.2) is 0 Å². The zero-order chi connectivity index (χ0) is 19.1. The molecule has 0 aromatic heterocycles. The molecule has 7 heteroatoms. The lowest BCUT2D eigenvalue weighted by atomic mass is 9.93. The quantitative estimate of drug-likeness (QED) is 0.784. The Kier molecular flexibility index (Phi) is 9.06. The molecule has 0 atom stereocenters. The van der Waals surface area contributed by atoms with E-state index in [-0.39, 0.29) is 24.2 Å². The van der Waals surface area contributed by atoms with Crippen molar-refractivity contribution in [2.24, 2.45) is 5.92 Å². The van der Waals surface area contributed by atoms with E-state index in [9.17, 15) is 9.59 Å². The van der Waals surface area contributed by atoms with Crippen molar-refractivity contribution >= 4 is 24.2 Å². The van der Waals surface area contributed by atoms with E-state index in [0.717, 1.165) is 19.5 Å². The second kappa shape index (κ2) is 11.3. The van der Waals surface area contributed by atoms with Gasteiger partial charge in [0.25, 0.3) is 5.91 Å². The van der Waals surface area contributed by atoms with Gasteiger partial charge < -0.3 is 19.9 Å². The number of para-hydroxylation sites is 1. The topological polar surface area (TPSA) is 61.9 Å². The third-order valence-electron chi connectivity index (χ3n) is 5.56. The van der Waals surface area contributed by atoms with Gasteiger partial charge in [0.2, 0.25) is 5.91 Å². The van der Waals surface area contributed by atoms with Gasteiger partial charge in [-0.2, -0.15) is 0 Å². The molecular weight excluding hydrogens is 378 g/mol. The summed E-state index contributed by atoms with van der Waals surface area (Å²) in [5, 5.41) is 3.36. The molecule has 1 aromatic carbocycles. The number of ether oxygens (including phenoxy) is 1. The molecule has 6 nitrogen and oxygen atoms in total. The van der Waals surface area contributed by atoms with Crippen LogP contribution in [0.4, 0.5) is 0 Å². The van der Waals surface area contributed by atoms with E-state index >= 15 is 0 Å². The Bertz CT molecular complexity index is 642. The molecule has 28 heavy (non-hydrogen) atoms. The maximum Gasteiger partial charge on any atom is 0.257 e. The van der Waals surface area contributed by atoms with Crippen LogP contribution in [0.1, 0.15) is 43.0 Å². The summed E-state index contributed by atoms with van der Waals surface area (Å²) < 4.78 is 5.58. The molecule has 1 N–H and O–H groups in total. The summed E-state index contributed by atoms with van der Waals surface area (Å²) in [5.41, 5.74) is 0.602. The van der Waals surface area contributed by atoms with Crippen LogP contribution in [0.3, 0.4) is 0 Å². The van der Waals surface area contributed by atoms with E-state index < -0.39 is 0 Å². The lowest BCUT2D eigenvalue weighted by Crippen LogP contribution is -2.50. The van der Waals surface area contributed by atoms with Crippen molar-refractivity contribution < 1.29 is 14.3 Å². The van der Waals surface area contributed by atoms with Crippen LogP contribution < -0.4 is 10.1 Å². The lowest BCUT2D eigenvalue weighted by Gasteiger charge is -2.35. The van der Waals surface area contributed by atoms with E-state index in [1.165, 1.54) is 12.8 Å². The Hall–Kier alpha value is -1.79. The summed E-state index contributed by atoms with van der Waals surface area (Å²) in [6, 6.07) is 7.37. The number of piperidine rings is 1. The monoisotopic (exact) mass is 409 g/mol. The minimum absolute atomic E-state index is 0. The third kappa shape index (κ3) is 5.85. The normalized spacial score (nSPS) is 17.8. The van der Waals surface area contributed by atoms with Crippen molar-refractivity contribution in [2.45, 2.75) is 32.6 Å². The van der Waals surface area contributed by atoms with Crippen LogP contribution in [0.2, 0.25) is 0 Å². The van der Waals surface area contributed by atoms with Gasteiger partial charge in [-0.05, 0) is 57.3 Å². The molecule has 2 heterocycles. The van der Waals surface area contributed by atoms with Gasteiger partial charge in [-0.15, -0.1) is 12.4 Å². The molecule has 156 valence electrons. The van der Waals surface area contributed by atoms with Crippen molar-refractivity contribution in [3.63, 3.8) is 0 Å². The average Bonchev–Trinajstić information content (AvgIpc) is 2.73. The Balaban J connectivity index is 0.00000280. The maximum absolute atomic E-state index is 12.8. The molecule has 0 unspecified atom stereocenters. The number of amides is 2. The lowest BCUT2D eigenvalue weighted by molar-refractivity contribution is -0.133. The molecule has 1 aromatic rings. The second-order valence-corrected chi connectivity index (χ2v) is 7.33. The number of benzene rings is 1. The first-order valence-corrected chi connectivity index (χ1v) is 10.2. The van der Waals surface area contributed by atoms with Crippen molar-refractivity contribution in [3.8, 4) is 5.75 Å². The average molecular weight is 410 g/mol. The van der Waals surface area contributed by atoms with Crippen LogP contribution in [-0.2, 0) is 4.79 Å². The molecule has 0 spiro atoms. The number of hydrogen-bond acceptors (Lipinski definition) is 4. The fourth-order valence-electron chi connectivity index (χ4n) is 3.91. The summed E-state index contributed by atoms with van der Waals surface area (Å²) in [5.74, 6) is 1.52. The van der Waals surface area contributed by atoms with E-state index in [1.54, 1.807) is 0 Å². The first-order valence-electron chi connectivity index (χ1n) is 10.2. The first kappa shape index (κ1) is 22.5. The van der Waals surface area contributed by atoms with Crippen molar-refractivity contribution in [3.05, 3.63) is 29.8 Å². The van der Waals surface area contributed by atoms with Gasteiger partial charge in [0, 0.05) is 32.6 Å². The highest BCUT2D eigenvalue weighted by Crippen LogP contribution is 2.22. The number of nitrogens with zero attached hydrogens (tertiary/aromatic N) is 2. The van der Waals surface area contributed by atoms with Gasteiger partial charge in [0.1, 0.15) is 5.75 Å². The molecule has 2 saturated heterocycles. The fourth-order valence-corrected chi connectivity index (χ4v) is 3.91. The van der Waals surface area contributed by atoms with Gasteiger partial charge in [-0.3, -0.25) is 9.59 Å². The summed E-state index contributed by atoms with van der Waals surface area (Å²) in [6.45, 7) is 6.99. The second-order valence-electron chi connectivity index (χ2n) is 7.33. The Labute approximate surface area is 174 Å². The van der Waals surface area contributed by atoms with Crippen molar-refractivity contribution in [1.82, 2.24) is 15.1 Å². The smallest absolute Gasteiger partial charge is 0.257 e. The van der Waals surface area contributed by atoms with Gasteiger partial charge in [0.05, 0.1) is 12.2 Å². The van der Waals surface area contributed by atoms with E-state index in [4.69, 9.17) is 4.74 Å². The summed E-state index contributed by atoms with van der Waals surface area (Å²) >= 11 is 0. The van der Waals surface area contributed by atoms with Gasteiger partial charge in [0.15, 0.2) is 0 Å². The molecule has 3 rings (SSSR count). The van der Waals surface area contributed by atoms with Crippen molar-refractivity contribution in [1.29, 1.82) is 0 Å². The molecule has 2 aliphatic rings. The van der Waals surface area contributed by atoms with Crippen LogP contribution in [0.15, 0.2) is 24.3 Å². The SMILES string of the molecule is CCOc1ccccc1C(=O)N1CCN(C(=O)CCC2CCNCC2)CC1.Cl. The van der Waals surface area contributed by atoms with E-state index in [2.05, 4.69) is 5.32 Å². The summed E-state index contributed by atoms with van der Waals surface area (Å²) in [7, 11) is 0. The molecule has 2 aliphatic heterocycles. The molecule has 2 fully saturated rings. The Morgan fingerprint density at radius 3 is 2.39 bits per heavy atom. The first-order chi connectivity index (χ1) is 13.2. The number of halogens is 1. The highest BCUT2D eigenvalue weighted by molar-refractivity contribution is 5.97. The van der Waals surface area contributed by atoms with Crippen LogP contribution in [0, 0.1) is 5.92 Å². The number of rotatable bonds is 6. The van der Waals surface area contributed by atoms with E-state index in [0.29, 0.717) is 56.4 Å². The van der Waals surface area contributed by atoms with Gasteiger partial charge >= 0.3 is 0 Å². The van der Waals surface area contributed by atoms with E-state index in [1.807, 2.05) is 41.0 Å². The predicted molar refractivity (Wildman–Crippen MR) is 112 cm³/mol. The molecule has 0 radical (unpaired) electrons. The van der Waals surface area contributed by atoms with Crippen LogP contribution in [-0.4, -0.2) is 67.5 Å². The summed E-state index contributed by atoms with van der Waals surface area (Å²) in [6.07, 6.45) is 3.97. The minimum atomic E-state index is -0.0131. The number of carbonyl (C=O) groups excluding carboxylic acids is 2. The molecule has 2 amide bonds. The maximum atomic E-state index is 12.8. The Morgan fingerprint density at radius 2 is 1.71 bits per heavy atom. The van der Waals surface area contributed by atoms with Crippen LogP contribution >= 0.6 is 12.4 Å². The predicted octanol–water partition coefficient (Wildman–Crippen LogP) is 2.57. The minimum Gasteiger partial charge on any atom is -0.493 e. The van der Waals surface area contributed by atoms with Crippen LogP contribution in [0.25, 0.3) is 0 Å². The number of nitrogens with one attached hydrogen (secondary N) is 1. The highest BCUT2D eigenvalue weighted by Gasteiger charge is 2.26. The molecular formula is C21H32ClN3O3. The van der Waals surface area contributed by atoms with Crippen LogP contribution in [0.5, 0.6) is 5.75 Å². The largest absolute Gasteiger partial charge is 0.493 e. The number of carbonyl (C=O) groups is 2. The number of piperazine rings is 1. The molecule has 0 bridgehead atoms. The zero-order valence-electron chi connectivity index (χ0n) is 16.7. The standard InChI is InChI=1S/C21H31N3O3.ClH/c1-2-27-19-6-4-3-5-18(19)21(26)24-15-13-23(14-16-24)20(25)8-7-17-9-11-22-12-10-17;/h3-6,17,22H,2,7-16H2,1H3;1H. The molecule has 0 aliphatic carbocycles. The highest BCUT2D eigenvalue weighted by atomic mass is 35.5. The number of hydrogen-bond donors (Lipinski definition) is 1.